The second-order valence-electron chi connectivity index (χ2n) is 5.37. The fraction of sp³-hybridized carbons (Fsp3) is 0.733. The van der Waals surface area contributed by atoms with Crippen LogP contribution in [0.4, 0.5) is 0 Å². The summed E-state index contributed by atoms with van der Waals surface area (Å²) >= 11 is 0. The predicted molar refractivity (Wildman–Crippen MR) is 99.8 cm³/mol. The lowest BCUT2D eigenvalue weighted by Gasteiger charge is -2.23. The first-order valence-electron chi connectivity index (χ1n) is 7.89. The van der Waals surface area contributed by atoms with Gasteiger partial charge in [0.05, 0.1) is 12.2 Å². The quantitative estimate of drug-likeness (QED) is 0.418. The summed E-state index contributed by atoms with van der Waals surface area (Å²) < 4.78 is 5.26. The van der Waals surface area contributed by atoms with E-state index in [1.165, 1.54) is 19.4 Å². The third-order valence-corrected chi connectivity index (χ3v) is 4.03. The van der Waals surface area contributed by atoms with Gasteiger partial charge >= 0.3 is 0 Å². The molecule has 1 saturated heterocycles. The lowest BCUT2D eigenvalue weighted by atomic mass is 10.2. The minimum atomic E-state index is 0. The lowest BCUT2D eigenvalue weighted by molar-refractivity contribution is 0.267. The Morgan fingerprint density at radius 3 is 2.91 bits per heavy atom. The molecule has 0 amide bonds. The van der Waals surface area contributed by atoms with Gasteiger partial charge in [-0.2, -0.15) is 0 Å². The topological polar surface area (TPSA) is 65.7 Å². The van der Waals surface area contributed by atoms with Crippen molar-refractivity contribution in [3.63, 3.8) is 0 Å². The van der Waals surface area contributed by atoms with Crippen molar-refractivity contribution in [1.82, 2.24) is 20.7 Å². The maximum absolute atomic E-state index is 5.26. The molecule has 0 aromatic carbocycles. The molecule has 1 aromatic rings. The number of rotatable bonds is 6. The molecular weight excluding hydrogens is 393 g/mol. The molecular formula is C15H28IN5O. The molecule has 2 rings (SSSR count). The van der Waals surface area contributed by atoms with Crippen molar-refractivity contribution in [3.05, 3.63) is 17.5 Å². The van der Waals surface area contributed by atoms with Crippen molar-refractivity contribution < 1.29 is 4.52 Å². The molecule has 1 atom stereocenters. The Hall–Kier alpha value is -0.830. The summed E-state index contributed by atoms with van der Waals surface area (Å²) in [5, 5.41) is 10.7. The van der Waals surface area contributed by atoms with Crippen LogP contribution in [0, 0.1) is 0 Å². The standard InChI is InChI=1S/C15H27N5O.HI/c1-4-12-9-14(21-19-12)11-18-15(16-3)17-10-13-7-6-8-20(13)5-2;/h9,13H,4-8,10-11H2,1-3H3,(H2,16,17,18);1H. The van der Waals surface area contributed by atoms with E-state index in [2.05, 4.69) is 39.5 Å². The number of guanidine groups is 1. The second-order valence-corrected chi connectivity index (χ2v) is 5.37. The molecule has 0 spiro atoms. The van der Waals surface area contributed by atoms with E-state index in [1.807, 2.05) is 6.07 Å². The number of likely N-dealkylation sites (tertiary alicyclic amines) is 1. The Labute approximate surface area is 150 Å². The summed E-state index contributed by atoms with van der Waals surface area (Å²) in [6.45, 7) is 8.17. The monoisotopic (exact) mass is 421 g/mol. The third-order valence-electron chi connectivity index (χ3n) is 4.03. The zero-order valence-corrected chi connectivity index (χ0v) is 16.1. The molecule has 6 nitrogen and oxygen atoms in total. The molecule has 0 radical (unpaired) electrons. The van der Waals surface area contributed by atoms with Crippen LogP contribution < -0.4 is 10.6 Å². The first kappa shape index (κ1) is 19.2. The van der Waals surface area contributed by atoms with Crippen LogP contribution in [0.5, 0.6) is 0 Å². The SMILES string of the molecule is CCc1cc(CNC(=NC)NCC2CCCN2CC)on1.I. The summed E-state index contributed by atoms with van der Waals surface area (Å²) in [6, 6.07) is 2.60. The minimum Gasteiger partial charge on any atom is -0.359 e. The summed E-state index contributed by atoms with van der Waals surface area (Å²) in [6.07, 6.45) is 3.45. The Morgan fingerprint density at radius 1 is 1.45 bits per heavy atom. The molecule has 0 saturated carbocycles. The number of nitrogens with zero attached hydrogens (tertiary/aromatic N) is 3. The molecule has 1 unspecified atom stereocenters. The van der Waals surface area contributed by atoms with Gasteiger partial charge in [0.1, 0.15) is 0 Å². The van der Waals surface area contributed by atoms with Crippen LogP contribution in [-0.2, 0) is 13.0 Å². The highest BCUT2D eigenvalue weighted by molar-refractivity contribution is 14.0. The highest BCUT2D eigenvalue weighted by atomic mass is 127. The van der Waals surface area contributed by atoms with E-state index in [4.69, 9.17) is 4.52 Å². The van der Waals surface area contributed by atoms with Gasteiger partial charge in [0.25, 0.3) is 0 Å². The van der Waals surface area contributed by atoms with Gasteiger partial charge in [-0.1, -0.05) is 19.0 Å². The number of aryl methyl sites for hydroxylation is 1. The molecule has 2 heterocycles. The van der Waals surface area contributed by atoms with E-state index in [9.17, 15) is 0 Å². The zero-order valence-electron chi connectivity index (χ0n) is 13.8. The molecule has 1 aromatic heterocycles. The number of halogens is 1. The van der Waals surface area contributed by atoms with E-state index in [0.29, 0.717) is 12.6 Å². The Balaban J connectivity index is 0.00000242. The van der Waals surface area contributed by atoms with Gasteiger partial charge in [-0.25, -0.2) is 0 Å². The number of aromatic nitrogens is 1. The summed E-state index contributed by atoms with van der Waals surface area (Å²) in [7, 11) is 1.79. The van der Waals surface area contributed by atoms with E-state index in [1.54, 1.807) is 7.05 Å². The third kappa shape index (κ3) is 5.42. The van der Waals surface area contributed by atoms with Gasteiger partial charge in [-0.05, 0) is 32.4 Å². The molecule has 1 fully saturated rings. The number of hydrogen-bond acceptors (Lipinski definition) is 4. The second kappa shape index (κ2) is 10.0. The van der Waals surface area contributed by atoms with Crippen LogP contribution in [0.1, 0.15) is 38.1 Å². The van der Waals surface area contributed by atoms with Crippen molar-refractivity contribution in [3.8, 4) is 0 Å². The van der Waals surface area contributed by atoms with Gasteiger partial charge < -0.3 is 15.2 Å². The average molecular weight is 421 g/mol. The predicted octanol–water partition coefficient (Wildman–Crippen LogP) is 2.00. The van der Waals surface area contributed by atoms with Crippen LogP contribution in [-0.4, -0.2) is 48.7 Å². The maximum atomic E-state index is 5.26. The van der Waals surface area contributed by atoms with Gasteiger partial charge in [-0.3, -0.25) is 9.89 Å². The van der Waals surface area contributed by atoms with Gasteiger partial charge in [0.15, 0.2) is 11.7 Å². The van der Waals surface area contributed by atoms with E-state index < -0.39 is 0 Å². The van der Waals surface area contributed by atoms with Crippen molar-refractivity contribution in [2.24, 2.45) is 4.99 Å². The van der Waals surface area contributed by atoms with Gasteiger partial charge in [0, 0.05) is 25.7 Å². The van der Waals surface area contributed by atoms with E-state index in [0.717, 1.165) is 36.9 Å². The molecule has 0 aliphatic carbocycles. The van der Waals surface area contributed by atoms with E-state index in [-0.39, 0.29) is 24.0 Å². The minimum absolute atomic E-state index is 0. The van der Waals surface area contributed by atoms with E-state index >= 15 is 0 Å². The van der Waals surface area contributed by atoms with Gasteiger partial charge in [-0.15, -0.1) is 24.0 Å². The molecule has 22 heavy (non-hydrogen) atoms. The van der Waals surface area contributed by atoms with Crippen molar-refractivity contribution in [2.45, 2.75) is 45.7 Å². The first-order valence-corrected chi connectivity index (χ1v) is 7.89. The molecule has 2 N–H and O–H groups in total. The van der Waals surface area contributed by atoms with Crippen molar-refractivity contribution >= 4 is 29.9 Å². The van der Waals surface area contributed by atoms with Crippen LogP contribution in [0.2, 0.25) is 0 Å². The smallest absolute Gasteiger partial charge is 0.191 e. The lowest BCUT2D eigenvalue weighted by Crippen LogP contribution is -2.44. The number of nitrogens with one attached hydrogen (secondary N) is 2. The highest BCUT2D eigenvalue weighted by Crippen LogP contribution is 2.15. The number of aliphatic imine (C=N–C) groups is 1. The van der Waals surface area contributed by atoms with Crippen LogP contribution >= 0.6 is 24.0 Å². The Kier molecular flexibility index (Phi) is 8.77. The normalized spacial score (nSPS) is 19.0. The van der Waals surface area contributed by atoms with Crippen LogP contribution in [0.3, 0.4) is 0 Å². The molecule has 1 aliphatic rings. The van der Waals surface area contributed by atoms with Crippen molar-refractivity contribution in [1.29, 1.82) is 0 Å². The van der Waals surface area contributed by atoms with Crippen LogP contribution in [0.15, 0.2) is 15.6 Å². The average Bonchev–Trinajstić information content (AvgIpc) is 3.15. The molecule has 126 valence electrons. The largest absolute Gasteiger partial charge is 0.359 e. The van der Waals surface area contributed by atoms with Gasteiger partial charge in [0.2, 0.25) is 0 Å². The van der Waals surface area contributed by atoms with Crippen LogP contribution in [0.25, 0.3) is 0 Å². The zero-order chi connectivity index (χ0) is 15.1. The Bertz CT molecular complexity index is 463. The molecule has 7 heteroatoms. The highest BCUT2D eigenvalue weighted by Gasteiger charge is 2.22. The summed E-state index contributed by atoms with van der Waals surface area (Å²) in [5.41, 5.74) is 0.985. The number of likely N-dealkylation sites (N-methyl/N-ethyl adjacent to an activating group) is 1. The molecule has 0 bridgehead atoms. The first-order chi connectivity index (χ1) is 10.3. The fourth-order valence-corrected chi connectivity index (χ4v) is 2.75. The maximum Gasteiger partial charge on any atom is 0.191 e. The van der Waals surface area contributed by atoms with Crippen molar-refractivity contribution in [2.75, 3.05) is 26.7 Å². The number of hydrogen-bond donors (Lipinski definition) is 2. The molecule has 1 aliphatic heterocycles. The summed E-state index contributed by atoms with van der Waals surface area (Å²) in [5.74, 6) is 1.65. The summed E-state index contributed by atoms with van der Waals surface area (Å²) in [4.78, 5) is 6.77. The Morgan fingerprint density at radius 2 is 2.27 bits per heavy atom. The fourth-order valence-electron chi connectivity index (χ4n) is 2.75.